The smallest absolute Gasteiger partial charge is 0.104 e. The number of rotatable bonds is 9. The maximum atomic E-state index is 5.53. The summed E-state index contributed by atoms with van der Waals surface area (Å²) in [7, 11) is 0. The van der Waals surface area contributed by atoms with Gasteiger partial charge in [-0.2, -0.15) is 12.6 Å². The number of hydrogen-bond acceptors (Lipinski definition) is 5. The second-order valence-electron chi connectivity index (χ2n) is 4.84. The van der Waals surface area contributed by atoms with Gasteiger partial charge in [0, 0.05) is 32.8 Å². The van der Waals surface area contributed by atoms with Crippen LogP contribution in [0.5, 0.6) is 0 Å². The van der Waals surface area contributed by atoms with E-state index in [1.165, 1.54) is 26.1 Å². The first-order chi connectivity index (χ1) is 8.38. The van der Waals surface area contributed by atoms with E-state index in [1.807, 2.05) is 0 Å². The highest BCUT2D eigenvalue weighted by Crippen LogP contribution is 2.09. The van der Waals surface area contributed by atoms with Crippen molar-refractivity contribution in [3.8, 4) is 0 Å². The lowest BCUT2D eigenvalue weighted by Gasteiger charge is -2.17. The molecule has 0 aromatic carbocycles. The monoisotopic (exact) mass is 260 g/mol. The van der Waals surface area contributed by atoms with Crippen molar-refractivity contribution in [1.29, 1.82) is 0 Å². The Morgan fingerprint density at radius 3 is 2.53 bits per heavy atom. The lowest BCUT2D eigenvalue weighted by Crippen LogP contribution is -2.27. The van der Waals surface area contributed by atoms with Gasteiger partial charge >= 0.3 is 0 Å². The summed E-state index contributed by atoms with van der Waals surface area (Å²) >= 11 is 4.25. The molecule has 2 aliphatic heterocycles. The summed E-state index contributed by atoms with van der Waals surface area (Å²) < 4.78 is 10.6. The first-order valence-corrected chi connectivity index (χ1v) is 7.26. The molecular weight excluding hydrogens is 236 g/mol. The fourth-order valence-electron chi connectivity index (χ4n) is 2.14. The number of nitrogens with zero attached hydrogens (tertiary/aromatic N) is 2. The third kappa shape index (κ3) is 5.57. The second-order valence-corrected chi connectivity index (χ2v) is 5.29. The van der Waals surface area contributed by atoms with Crippen LogP contribution in [-0.2, 0) is 9.47 Å². The molecule has 2 rings (SSSR count). The highest BCUT2D eigenvalue weighted by Gasteiger charge is 2.22. The lowest BCUT2D eigenvalue weighted by atomic mass is 10.4. The molecule has 0 bridgehead atoms. The largest absolute Gasteiger partial charge is 0.379 e. The van der Waals surface area contributed by atoms with Gasteiger partial charge < -0.3 is 9.47 Å². The predicted molar refractivity (Wildman–Crippen MR) is 71.7 cm³/mol. The topological polar surface area (TPSA) is 28.2 Å². The van der Waals surface area contributed by atoms with E-state index in [-0.39, 0.29) is 0 Å². The third-order valence-electron chi connectivity index (χ3n) is 3.23. The maximum Gasteiger partial charge on any atom is 0.104 e. The van der Waals surface area contributed by atoms with E-state index in [2.05, 4.69) is 22.4 Å². The van der Waals surface area contributed by atoms with Crippen LogP contribution in [0.1, 0.15) is 12.8 Å². The Morgan fingerprint density at radius 2 is 1.88 bits per heavy atom. The minimum absolute atomic E-state index is 0.401. The van der Waals surface area contributed by atoms with Gasteiger partial charge in [-0.25, -0.2) is 0 Å². The van der Waals surface area contributed by atoms with Crippen LogP contribution in [0.3, 0.4) is 0 Å². The molecular formula is C12H24N2O2S. The Bertz CT molecular complexity index is 215. The third-order valence-corrected chi connectivity index (χ3v) is 3.55. The molecule has 0 radical (unpaired) electrons. The van der Waals surface area contributed by atoms with Crippen LogP contribution in [0.15, 0.2) is 0 Å². The molecule has 0 N–H and O–H groups in total. The lowest BCUT2D eigenvalue weighted by molar-refractivity contribution is 0.106. The zero-order chi connectivity index (χ0) is 11.9. The van der Waals surface area contributed by atoms with Crippen molar-refractivity contribution < 1.29 is 9.47 Å². The van der Waals surface area contributed by atoms with Crippen molar-refractivity contribution in [3.63, 3.8) is 0 Å². The first kappa shape index (κ1) is 13.6. The molecule has 2 fully saturated rings. The summed E-state index contributed by atoms with van der Waals surface area (Å²) in [5.74, 6) is 0.994. The van der Waals surface area contributed by atoms with Crippen LogP contribution < -0.4 is 0 Å². The summed E-state index contributed by atoms with van der Waals surface area (Å²) in [5, 5.41) is 0. The zero-order valence-corrected chi connectivity index (χ0v) is 11.4. The van der Waals surface area contributed by atoms with E-state index in [4.69, 9.17) is 9.47 Å². The van der Waals surface area contributed by atoms with Gasteiger partial charge in [-0.3, -0.25) is 9.80 Å². The molecule has 0 amide bonds. The minimum atomic E-state index is 0.401. The maximum absolute atomic E-state index is 5.53. The van der Waals surface area contributed by atoms with Crippen molar-refractivity contribution in [2.45, 2.75) is 18.9 Å². The van der Waals surface area contributed by atoms with Crippen molar-refractivity contribution in [3.05, 3.63) is 0 Å². The Morgan fingerprint density at radius 1 is 1.18 bits per heavy atom. The molecule has 0 saturated carbocycles. The van der Waals surface area contributed by atoms with Crippen LogP contribution >= 0.6 is 12.6 Å². The van der Waals surface area contributed by atoms with Gasteiger partial charge in [-0.15, -0.1) is 0 Å². The van der Waals surface area contributed by atoms with Gasteiger partial charge in [-0.05, 0) is 18.6 Å². The molecule has 2 saturated heterocycles. The van der Waals surface area contributed by atoms with E-state index >= 15 is 0 Å². The van der Waals surface area contributed by atoms with E-state index in [9.17, 15) is 0 Å². The summed E-state index contributed by atoms with van der Waals surface area (Å²) in [6.07, 6.45) is 2.73. The van der Waals surface area contributed by atoms with Gasteiger partial charge in [0.15, 0.2) is 0 Å². The zero-order valence-electron chi connectivity index (χ0n) is 10.5. The van der Waals surface area contributed by atoms with Gasteiger partial charge in [0.25, 0.3) is 0 Å². The van der Waals surface area contributed by atoms with E-state index in [0.717, 1.165) is 45.2 Å². The van der Waals surface area contributed by atoms with Crippen molar-refractivity contribution >= 4 is 12.6 Å². The van der Waals surface area contributed by atoms with Crippen molar-refractivity contribution in [2.24, 2.45) is 0 Å². The van der Waals surface area contributed by atoms with Crippen LogP contribution in [0.25, 0.3) is 0 Å². The van der Waals surface area contributed by atoms with Gasteiger partial charge in [-0.1, -0.05) is 0 Å². The summed E-state index contributed by atoms with van der Waals surface area (Å²) in [6, 6.07) is 0. The van der Waals surface area contributed by atoms with Crippen LogP contribution in [0, 0.1) is 0 Å². The number of ether oxygens (including phenoxy) is 2. The highest BCUT2D eigenvalue weighted by atomic mass is 32.1. The molecule has 0 aliphatic carbocycles. The van der Waals surface area contributed by atoms with E-state index < -0.39 is 0 Å². The quantitative estimate of drug-likeness (QED) is 0.375. The summed E-state index contributed by atoms with van der Waals surface area (Å²) in [4.78, 5) is 5.02. The molecule has 5 heteroatoms. The van der Waals surface area contributed by atoms with Crippen molar-refractivity contribution in [1.82, 2.24) is 9.80 Å². The van der Waals surface area contributed by atoms with E-state index in [1.54, 1.807) is 0 Å². The minimum Gasteiger partial charge on any atom is -0.379 e. The SMILES string of the molecule is SCCCN1CCN(CCCOCC2CO2)C1. The Kier molecular flexibility index (Phi) is 6.08. The second kappa shape index (κ2) is 7.59. The van der Waals surface area contributed by atoms with Gasteiger partial charge in [0.05, 0.1) is 19.9 Å². The fourth-order valence-corrected chi connectivity index (χ4v) is 2.28. The number of thiol groups is 1. The molecule has 1 unspecified atom stereocenters. The molecule has 4 nitrogen and oxygen atoms in total. The molecule has 0 aromatic rings. The molecule has 2 heterocycles. The molecule has 100 valence electrons. The standard InChI is InChI=1S/C12H24N2O2S/c17-8-2-4-14-6-5-13(11-14)3-1-7-15-9-12-10-16-12/h12,17H,1-11H2. The van der Waals surface area contributed by atoms with Crippen molar-refractivity contribution in [2.75, 3.05) is 58.4 Å². The molecule has 2 aliphatic rings. The van der Waals surface area contributed by atoms with Gasteiger partial charge in [0.1, 0.15) is 6.10 Å². The molecule has 0 aromatic heterocycles. The van der Waals surface area contributed by atoms with Crippen LogP contribution in [0.2, 0.25) is 0 Å². The molecule has 17 heavy (non-hydrogen) atoms. The Labute approximate surface area is 110 Å². The van der Waals surface area contributed by atoms with Gasteiger partial charge in [0.2, 0.25) is 0 Å². The predicted octanol–water partition coefficient (Wildman–Crippen LogP) is 0.687. The average Bonchev–Trinajstić information content (AvgIpc) is 3.05. The Hall–Kier alpha value is 0.190. The fraction of sp³-hybridized carbons (Fsp3) is 1.00. The van der Waals surface area contributed by atoms with Crippen LogP contribution in [-0.4, -0.2) is 74.3 Å². The molecule has 0 spiro atoms. The van der Waals surface area contributed by atoms with Crippen LogP contribution in [0.4, 0.5) is 0 Å². The number of epoxide rings is 1. The summed E-state index contributed by atoms with van der Waals surface area (Å²) in [5.41, 5.74) is 0. The highest BCUT2D eigenvalue weighted by molar-refractivity contribution is 7.80. The average molecular weight is 260 g/mol. The normalized spacial score (nSPS) is 25.6. The first-order valence-electron chi connectivity index (χ1n) is 6.63. The Balaban J connectivity index is 1.43. The molecule has 1 atom stereocenters. The number of hydrogen-bond donors (Lipinski definition) is 1. The summed E-state index contributed by atoms with van der Waals surface area (Å²) in [6.45, 7) is 8.44. The van der Waals surface area contributed by atoms with E-state index in [0.29, 0.717) is 6.10 Å².